The van der Waals surface area contributed by atoms with Crippen molar-refractivity contribution in [3.8, 4) is 0 Å². The van der Waals surface area contributed by atoms with Crippen LogP contribution in [0.15, 0.2) is 24.3 Å². The molecule has 2 amide bonds. The molecule has 2 heterocycles. The summed E-state index contributed by atoms with van der Waals surface area (Å²) in [4.78, 5) is 17.1. The van der Waals surface area contributed by atoms with Crippen molar-refractivity contribution in [2.75, 3.05) is 52.6 Å². The van der Waals surface area contributed by atoms with Gasteiger partial charge < -0.3 is 19.7 Å². The van der Waals surface area contributed by atoms with Crippen LogP contribution in [0.2, 0.25) is 0 Å². The Morgan fingerprint density at radius 1 is 1.30 bits per heavy atom. The molecule has 0 radical (unpaired) electrons. The van der Waals surface area contributed by atoms with Crippen LogP contribution in [0.3, 0.4) is 0 Å². The van der Waals surface area contributed by atoms with Crippen LogP contribution < -0.4 is 5.32 Å². The van der Waals surface area contributed by atoms with Crippen molar-refractivity contribution in [2.45, 2.75) is 32.9 Å². The van der Waals surface area contributed by atoms with Gasteiger partial charge in [-0.2, -0.15) is 0 Å². The predicted molar refractivity (Wildman–Crippen MR) is 106 cm³/mol. The monoisotopic (exact) mass is 375 g/mol. The van der Waals surface area contributed by atoms with E-state index in [9.17, 15) is 4.79 Å². The van der Waals surface area contributed by atoms with Gasteiger partial charge in [-0.1, -0.05) is 29.8 Å². The highest BCUT2D eigenvalue weighted by Gasteiger charge is 2.32. The third-order valence-electron chi connectivity index (χ3n) is 5.61. The second kappa shape index (κ2) is 10.1. The number of ether oxygens (including phenoxy) is 2. The summed E-state index contributed by atoms with van der Waals surface area (Å²) in [5.41, 5.74) is 2.39. The van der Waals surface area contributed by atoms with Gasteiger partial charge in [-0.05, 0) is 25.8 Å². The van der Waals surface area contributed by atoms with Gasteiger partial charge in [0.25, 0.3) is 0 Å². The van der Waals surface area contributed by atoms with Crippen LogP contribution in [0, 0.1) is 12.8 Å². The maximum absolute atomic E-state index is 12.8. The normalized spacial score (nSPS) is 21.8. The molecular formula is C21H33N3O3. The number of carbonyl (C=O) groups excluding carboxylic acids is 1. The van der Waals surface area contributed by atoms with Crippen LogP contribution >= 0.6 is 0 Å². The fourth-order valence-corrected chi connectivity index (χ4v) is 4.02. The first kappa shape index (κ1) is 20.1. The fourth-order valence-electron chi connectivity index (χ4n) is 4.02. The Bertz CT molecular complexity index is 598. The van der Waals surface area contributed by atoms with Crippen molar-refractivity contribution in [3.63, 3.8) is 0 Å². The summed E-state index contributed by atoms with van der Waals surface area (Å²) in [7, 11) is 0. The topological polar surface area (TPSA) is 54.0 Å². The summed E-state index contributed by atoms with van der Waals surface area (Å²) in [6, 6.07) is 8.67. The lowest BCUT2D eigenvalue weighted by Gasteiger charge is -2.37. The lowest BCUT2D eigenvalue weighted by atomic mass is 9.97. The van der Waals surface area contributed by atoms with E-state index < -0.39 is 0 Å². The first-order valence-electron chi connectivity index (χ1n) is 10.1. The molecule has 2 aliphatic rings. The van der Waals surface area contributed by atoms with E-state index in [1.807, 2.05) is 17.9 Å². The molecule has 6 heteroatoms. The number of rotatable bonds is 7. The van der Waals surface area contributed by atoms with Crippen molar-refractivity contribution in [1.82, 2.24) is 15.1 Å². The number of nitrogens with one attached hydrogen (secondary N) is 1. The molecule has 6 nitrogen and oxygen atoms in total. The summed E-state index contributed by atoms with van der Waals surface area (Å²) >= 11 is 0. The quantitative estimate of drug-likeness (QED) is 0.794. The number of hydrogen-bond acceptors (Lipinski definition) is 4. The zero-order valence-electron chi connectivity index (χ0n) is 16.7. The molecule has 150 valence electrons. The molecule has 2 saturated heterocycles. The van der Waals surface area contributed by atoms with Gasteiger partial charge in [0.2, 0.25) is 0 Å². The number of aryl methyl sites for hydroxylation is 1. The lowest BCUT2D eigenvalue weighted by Crippen LogP contribution is -2.53. The standard InChI is InChI=1S/C21H33N3O3/c1-3-23(15-18-6-4-5-17(2)13-18)21(25)22-14-20(19-7-10-27-16-19)24-8-11-26-12-9-24/h4-6,13,19-20H,3,7-12,14-16H2,1-2H3,(H,22,25)/t19-,20-/m0/s1. The maximum atomic E-state index is 12.8. The van der Waals surface area contributed by atoms with Crippen LogP contribution in [0.4, 0.5) is 4.79 Å². The second-order valence-corrected chi connectivity index (χ2v) is 7.53. The number of urea groups is 1. The number of benzene rings is 1. The van der Waals surface area contributed by atoms with Gasteiger partial charge in [0.15, 0.2) is 0 Å². The van der Waals surface area contributed by atoms with Gasteiger partial charge in [-0.25, -0.2) is 4.79 Å². The average Bonchev–Trinajstić information content (AvgIpc) is 3.21. The van der Waals surface area contributed by atoms with E-state index in [-0.39, 0.29) is 6.03 Å². The van der Waals surface area contributed by atoms with Gasteiger partial charge in [-0.3, -0.25) is 4.90 Å². The fraction of sp³-hybridized carbons (Fsp3) is 0.667. The molecule has 3 rings (SSSR count). The van der Waals surface area contributed by atoms with Crippen LogP contribution in [0.25, 0.3) is 0 Å². The Balaban J connectivity index is 1.58. The Kier molecular flexibility index (Phi) is 7.50. The van der Waals surface area contributed by atoms with Gasteiger partial charge in [0.05, 0.1) is 19.8 Å². The van der Waals surface area contributed by atoms with Gasteiger partial charge in [0.1, 0.15) is 0 Å². The van der Waals surface area contributed by atoms with Crippen LogP contribution in [-0.2, 0) is 16.0 Å². The van der Waals surface area contributed by atoms with E-state index in [1.54, 1.807) is 0 Å². The Labute approximate surface area is 162 Å². The molecule has 0 spiro atoms. The van der Waals surface area contributed by atoms with E-state index >= 15 is 0 Å². The molecule has 0 bridgehead atoms. The van der Waals surface area contributed by atoms with E-state index in [1.165, 1.54) is 11.1 Å². The number of amides is 2. The first-order chi connectivity index (χ1) is 13.2. The highest BCUT2D eigenvalue weighted by molar-refractivity contribution is 5.74. The maximum Gasteiger partial charge on any atom is 0.317 e. The molecule has 1 aromatic carbocycles. The molecule has 2 fully saturated rings. The highest BCUT2D eigenvalue weighted by atomic mass is 16.5. The molecule has 27 heavy (non-hydrogen) atoms. The minimum atomic E-state index is 0.0104. The molecule has 2 atom stereocenters. The van der Waals surface area contributed by atoms with Crippen LogP contribution in [0.1, 0.15) is 24.5 Å². The second-order valence-electron chi connectivity index (χ2n) is 7.53. The third-order valence-corrected chi connectivity index (χ3v) is 5.61. The van der Waals surface area contributed by atoms with E-state index in [0.717, 1.165) is 45.9 Å². The van der Waals surface area contributed by atoms with Crippen LogP contribution in [0.5, 0.6) is 0 Å². The Morgan fingerprint density at radius 3 is 2.78 bits per heavy atom. The van der Waals surface area contributed by atoms with Gasteiger partial charge >= 0.3 is 6.03 Å². The largest absolute Gasteiger partial charge is 0.381 e. The SMILES string of the molecule is CCN(Cc1cccc(C)c1)C(=O)NC[C@@H]([C@H]1CCOC1)N1CCOCC1. The minimum Gasteiger partial charge on any atom is -0.381 e. The van der Waals surface area contributed by atoms with Gasteiger partial charge in [-0.15, -0.1) is 0 Å². The van der Waals surface area contributed by atoms with Gasteiger partial charge in [0, 0.05) is 51.3 Å². The first-order valence-corrected chi connectivity index (χ1v) is 10.1. The van der Waals surface area contributed by atoms with E-state index in [0.29, 0.717) is 31.6 Å². The van der Waals surface area contributed by atoms with E-state index in [4.69, 9.17) is 9.47 Å². The molecule has 0 aromatic heterocycles. The Hall–Kier alpha value is -1.63. The smallest absolute Gasteiger partial charge is 0.317 e. The summed E-state index contributed by atoms with van der Waals surface area (Å²) in [6.45, 7) is 11.1. The van der Waals surface area contributed by atoms with Crippen molar-refractivity contribution in [1.29, 1.82) is 0 Å². The van der Waals surface area contributed by atoms with Crippen molar-refractivity contribution < 1.29 is 14.3 Å². The molecule has 0 aliphatic carbocycles. The van der Waals surface area contributed by atoms with Crippen LogP contribution in [-0.4, -0.2) is 74.5 Å². The average molecular weight is 376 g/mol. The van der Waals surface area contributed by atoms with Crippen molar-refractivity contribution in [2.24, 2.45) is 5.92 Å². The van der Waals surface area contributed by atoms with Crippen molar-refractivity contribution >= 4 is 6.03 Å². The predicted octanol–water partition coefficient (Wildman–Crippen LogP) is 2.26. The van der Waals surface area contributed by atoms with Crippen molar-refractivity contribution in [3.05, 3.63) is 35.4 Å². The number of hydrogen-bond donors (Lipinski definition) is 1. The number of morpholine rings is 1. The highest BCUT2D eigenvalue weighted by Crippen LogP contribution is 2.22. The zero-order chi connectivity index (χ0) is 19.1. The lowest BCUT2D eigenvalue weighted by molar-refractivity contribution is 0.00186. The van der Waals surface area contributed by atoms with E-state index in [2.05, 4.69) is 35.3 Å². The summed E-state index contributed by atoms with van der Waals surface area (Å²) < 4.78 is 11.1. The molecule has 1 aromatic rings. The number of carbonyl (C=O) groups is 1. The molecule has 0 saturated carbocycles. The third kappa shape index (κ3) is 5.67. The number of nitrogens with zero attached hydrogens (tertiary/aromatic N) is 2. The molecule has 0 unspecified atom stereocenters. The zero-order valence-corrected chi connectivity index (χ0v) is 16.7. The summed E-state index contributed by atoms with van der Waals surface area (Å²) in [5, 5.41) is 3.19. The minimum absolute atomic E-state index is 0.0104. The Morgan fingerprint density at radius 2 is 2.11 bits per heavy atom. The summed E-state index contributed by atoms with van der Waals surface area (Å²) in [5.74, 6) is 0.482. The molecular weight excluding hydrogens is 342 g/mol. The molecule has 2 aliphatic heterocycles. The summed E-state index contributed by atoms with van der Waals surface area (Å²) in [6.07, 6.45) is 1.07. The molecule has 1 N–H and O–H groups in total.